The molecule has 3 N–H and O–H groups in total. The van der Waals surface area contributed by atoms with E-state index in [0.717, 1.165) is 41.2 Å². The van der Waals surface area contributed by atoms with Crippen molar-refractivity contribution in [3.63, 3.8) is 0 Å². The summed E-state index contributed by atoms with van der Waals surface area (Å²) in [7, 11) is 0. The molecule has 5 nitrogen and oxygen atoms in total. The van der Waals surface area contributed by atoms with Crippen molar-refractivity contribution in [1.82, 2.24) is 15.5 Å². The highest BCUT2D eigenvalue weighted by molar-refractivity contribution is 5.98. The lowest BCUT2D eigenvalue weighted by atomic mass is 10.1. The van der Waals surface area contributed by atoms with Crippen molar-refractivity contribution in [2.75, 3.05) is 18.4 Å². The second-order valence-corrected chi connectivity index (χ2v) is 3.85. The standard InChI is InChI=1S/C11H13N5/c1-7-9(15-11-12-4-5-13-11)3-2-8-6-14-16-10(7)8/h2-3,6H,4-5H2,1H3,(H,14,16)(H2,12,13,15). The van der Waals surface area contributed by atoms with Crippen LogP contribution in [0.2, 0.25) is 0 Å². The zero-order valence-corrected chi connectivity index (χ0v) is 9.04. The number of nitrogens with zero attached hydrogens (tertiary/aromatic N) is 2. The molecule has 0 radical (unpaired) electrons. The molecule has 1 aromatic heterocycles. The average molecular weight is 215 g/mol. The van der Waals surface area contributed by atoms with Gasteiger partial charge in [-0.2, -0.15) is 5.10 Å². The van der Waals surface area contributed by atoms with E-state index in [9.17, 15) is 0 Å². The molecule has 5 heteroatoms. The van der Waals surface area contributed by atoms with E-state index in [4.69, 9.17) is 0 Å². The van der Waals surface area contributed by atoms with Crippen LogP contribution in [0.1, 0.15) is 5.56 Å². The van der Waals surface area contributed by atoms with E-state index in [1.807, 2.05) is 12.3 Å². The molecule has 0 fully saturated rings. The number of aromatic nitrogens is 2. The van der Waals surface area contributed by atoms with Crippen LogP contribution >= 0.6 is 0 Å². The molecule has 3 rings (SSSR count). The topological polar surface area (TPSA) is 65.1 Å². The number of aryl methyl sites for hydroxylation is 1. The molecule has 16 heavy (non-hydrogen) atoms. The quantitative estimate of drug-likeness (QED) is 0.670. The number of guanidine groups is 1. The minimum atomic E-state index is 0.841. The molecular formula is C11H13N5. The molecule has 0 bridgehead atoms. The number of rotatable bonds is 1. The molecule has 0 atom stereocenters. The van der Waals surface area contributed by atoms with Gasteiger partial charge in [-0.3, -0.25) is 10.1 Å². The summed E-state index contributed by atoms with van der Waals surface area (Å²) in [6, 6.07) is 4.10. The van der Waals surface area contributed by atoms with Crippen molar-refractivity contribution < 1.29 is 0 Å². The summed E-state index contributed by atoms with van der Waals surface area (Å²) in [4.78, 5) is 4.31. The third-order valence-corrected chi connectivity index (χ3v) is 2.80. The Morgan fingerprint density at radius 2 is 2.31 bits per heavy atom. The van der Waals surface area contributed by atoms with Gasteiger partial charge in [0.1, 0.15) is 0 Å². The highest BCUT2D eigenvalue weighted by Gasteiger charge is 2.09. The van der Waals surface area contributed by atoms with Crippen LogP contribution in [0, 0.1) is 6.92 Å². The predicted molar refractivity (Wildman–Crippen MR) is 64.8 cm³/mol. The molecule has 0 saturated carbocycles. The molecule has 0 unspecified atom stereocenters. The van der Waals surface area contributed by atoms with Gasteiger partial charge in [0.2, 0.25) is 0 Å². The van der Waals surface area contributed by atoms with Gasteiger partial charge >= 0.3 is 0 Å². The van der Waals surface area contributed by atoms with Gasteiger partial charge in [0.05, 0.1) is 18.3 Å². The van der Waals surface area contributed by atoms with Crippen molar-refractivity contribution in [3.05, 3.63) is 23.9 Å². The number of anilines is 1. The smallest absolute Gasteiger partial charge is 0.195 e. The number of benzene rings is 1. The van der Waals surface area contributed by atoms with E-state index in [1.165, 1.54) is 0 Å². The fourth-order valence-corrected chi connectivity index (χ4v) is 1.90. The van der Waals surface area contributed by atoms with Crippen LogP contribution in [0.3, 0.4) is 0 Å². The maximum Gasteiger partial charge on any atom is 0.195 e. The first-order chi connectivity index (χ1) is 7.84. The van der Waals surface area contributed by atoms with E-state index in [-0.39, 0.29) is 0 Å². The Morgan fingerprint density at radius 3 is 3.12 bits per heavy atom. The first-order valence-electron chi connectivity index (χ1n) is 5.32. The maximum atomic E-state index is 4.31. The van der Waals surface area contributed by atoms with Gasteiger partial charge in [-0.15, -0.1) is 0 Å². The average Bonchev–Trinajstić information content (AvgIpc) is 2.93. The van der Waals surface area contributed by atoms with Gasteiger partial charge in [0, 0.05) is 17.6 Å². The summed E-state index contributed by atoms with van der Waals surface area (Å²) in [5.74, 6) is 0.849. The SMILES string of the molecule is Cc1c(NC2=NCCN2)ccc2cn[nH]c12. The van der Waals surface area contributed by atoms with Crippen LogP contribution < -0.4 is 10.6 Å². The first-order valence-corrected chi connectivity index (χ1v) is 5.32. The summed E-state index contributed by atoms with van der Waals surface area (Å²) >= 11 is 0. The number of hydrogen-bond donors (Lipinski definition) is 3. The van der Waals surface area contributed by atoms with E-state index in [2.05, 4.69) is 38.8 Å². The van der Waals surface area contributed by atoms with Crippen LogP contribution in [-0.4, -0.2) is 29.2 Å². The van der Waals surface area contributed by atoms with Crippen molar-refractivity contribution in [2.45, 2.75) is 6.92 Å². The Bertz CT molecular complexity index is 555. The Morgan fingerprint density at radius 1 is 1.38 bits per heavy atom. The minimum Gasteiger partial charge on any atom is -0.354 e. The normalized spacial score (nSPS) is 14.9. The molecule has 0 saturated heterocycles. The second kappa shape index (κ2) is 3.52. The molecule has 0 amide bonds. The zero-order valence-electron chi connectivity index (χ0n) is 9.04. The minimum absolute atomic E-state index is 0.841. The molecule has 1 aliphatic heterocycles. The Balaban J connectivity index is 1.99. The monoisotopic (exact) mass is 215 g/mol. The van der Waals surface area contributed by atoms with Crippen LogP contribution in [0.5, 0.6) is 0 Å². The lowest BCUT2D eigenvalue weighted by Gasteiger charge is -2.09. The van der Waals surface area contributed by atoms with Gasteiger partial charge in [-0.25, -0.2) is 0 Å². The van der Waals surface area contributed by atoms with Crippen molar-refractivity contribution in [1.29, 1.82) is 0 Å². The van der Waals surface area contributed by atoms with Crippen LogP contribution in [-0.2, 0) is 0 Å². The predicted octanol–water partition coefficient (Wildman–Crippen LogP) is 1.24. The number of H-pyrrole nitrogens is 1. The summed E-state index contributed by atoms with van der Waals surface area (Å²) in [6.45, 7) is 3.82. The van der Waals surface area contributed by atoms with E-state index >= 15 is 0 Å². The van der Waals surface area contributed by atoms with Crippen LogP contribution in [0.25, 0.3) is 10.9 Å². The highest BCUT2D eigenvalue weighted by Crippen LogP contribution is 2.23. The number of aromatic amines is 1. The summed E-state index contributed by atoms with van der Waals surface area (Å²) in [5.41, 5.74) is 3.29. The molecule has 1 aromatic carbocycles. The third-order valence-electron chi connectivity index (χ3n) is 2.80. The van der Waals surface area contributed by atoms with Crippen molar-refractivity contribution in [2.24, 2.45) is 4.99 Å². The van der Waals surface area contributed by atoms with Gasteiger partial charge in [0.25, 0.3) is 0 Å². The van der Waals surface area contributed by atoms with Gasteiger partial charge in [0.15, 0.2) is 5.96 Å². The van der Waals surface area contributed by atoms with Gasteiger partial charge in [-0.1, -0.05) is 0 Å². The van der Waals surface area contributed by atoms with Crippen molar-refractivity contribution in [3.8, 4) is 0 Å². The third kappa shape index (κ3) is 1.41. The number of nitrogens with one attached hydrogen (secondary N) is 3. The van der Waals surface area contributed by atoms with E-state index in [0.29, 0.717) is 0 Å². The summed E-state index contributed by atoms with van der Waals surface area (Å²) in [6.07, 6.45) is 1.83. The molecular weight excluding hydrogens is 202 g/mol. The number of hydrogen-bond acceptors (Lipinski definition) is 4. The number of aliphatic imine (C=N–C) groups is 1. The molecule has 0 aliphatic carbocycles. The van der Waals surface area contributed by atoms with Crippen LogP contribution in [0.15, 0.2) is 23.3 Å². The molecule has 1 aliphatic rings. The second-order valence-electron chi connectivity index (χ2n) is 3.85. The zero-order chi connectivity index (χ0) is 11.0. The van der Waals surface area contributed by atoms with Crippen molar-refractivity contribution >= 4 is 22.5 Å². The lowest BCUT2D eigenvalue weighted by Crippen LogP contribution is -2.26. The number of fused-ring (bicyclic) bond motifs is 1. The van der Waals surface area contributed by atoms with Gasteiger partial charge < -0.3 is 10.6 Å². The largest absolute Gasteiger partial charge is 0.354 e. The summed E-state index contributed by atoms with van der Waals surface area (Å²) in [5, 5.41) is 14.6. The highest BCUT2D eigenvalue weighted by atomic mass is 15.2. The molecule has 2 aromatic rings. The summed E-state index contributed by atoms with van der Waals surface area (Å²) < 4.78 is 0. The van der Waals surface area contributed by atoms with E-state index < -0.39 is 0 Å². The lowest BCUT2D eigenvalue weighted by molar-refractivity contribution is 0.959. The Kier molecular flexibility index (Phi) is 2.02. The fourth-order valence-electron chi connectivity index (χ4n) is 1.90. The fraction of sp³-hybridized carbons (Fsp3) is 0.273. The Labute approximate surface area is 93.0 Å². The molecule has 2 heterocycles. The van der Waals surface area contributed by atoms with E-state index in [1.54, 1.807) is 0 Å². The van der Waals surface area contributed by atoms with Gasteiger partial charge in [-0.05, 0) is 24.6 Å². The molecule has 0 spiro atoms. The first kappa shape index (κ1) is 9.21. The molecule has 82 valence electrons. The van der Waals surface area contributed by atoms with Crippen LogP contribution in [0.4, 0.5) is 5.69 Å². The maximum absolute atomic E-state index is 4.31. The Hall–Kier alpha value is -2.04.